The van der Waals surface area contributed by atoms with Gasteiger partial charge in [0.05, 0.1) is 12.7 Å². The maximum Gasteiger partial charge on any atom is 0.407 e. The van der Waals surface area contributed by atoms with Crippen LogP contribution >= 0.6 is 0 Å². The maximum absolute atomic E-state index is 11.9. The molecule has 2 rings (SSSR count). The second kappa shape index (κ2) is 11.7. The van der Waals surface area contributed by atoms with Crippen molar-refractivity contribution in [2.45, 2.75) is 64.5 Å². The molecule has 1 aliphatic rings. The van der Waals surface area contributed by atoms with Crippen molar-refractivity contribution in [3.63, 3.8) is 0 Å². The normalized spacial score (nSPS) is 16.9. The topological polar surface area (TPSA) is 92.8 Å². The van der Waals surface area contributed by atoms with Gasteiger partial charge in [-0.1, -0.05) is 0 Å². The molecule has 0 saturated carbocycles. The highest BCUT2D eigenvalue weighted by Crippen LogP contribution is 2.31. The molecule has 0 bridgehead atoms. The molecule has 8 nitrogen and oxygen atoms in total. The Labute approximate surface area is 179 Å². The first-order chi connectivity index (χ1) is 14.2. The summed E-state index contributed by atoms with van der Waals surface area (Å²) in [5, 5.41) is 5.54. The van der Waals surface area contributed by atoms with Crippen LogP contribution < -0.4 is 15.4 Å². The fraction of sp³-hybridized carbons (Fsp3) is 0.682. The van der Waals surface area contributed by atoms with Gasteiger partial charge >= 0.3 is 6.09 Å². The Morgan fingerprint density at radius 1 is 1.20 bits per heavy atom. The lowest BCUT2D eigenvalue weighted by Crippen LogP contribution is -2.33. The molecule has 0 spiro atoms. The molecule has 1 aromatic heterocycles. The van der Waals surface area contributed by atoms with Crippen molar-refractivity contribution in [2.75, 3.05) is 33.3 Å². The summed E-state index contributed by atoms with van der Waals surface area (Å²) in [7, 11) is 2.13. The highest BCUT2D eigenvalue weighted by Gasteiger charge is 2.23. The molecular weight excluding hydrogens is 384 g/mol. The van der Waals surface area contributed by atoms with E-state index in [0.717, 1.165) is 25.1 Å². The predicted octanol–water partition coefficient (Wildman–Crippen LogP) is 3.04. The number of alkyl carbamates (subject to hydrolysis) is 1. The number of nitrogens with one attached hydrogen (secondary N) is 2. The predicted molar refractivity (Wildman–Crippen MR) is 115 cm³/mol. The fourth-order valence-corrected chi connectivity index (χ4v) is 3.39. The molecule has 1 aromatic rings. The van der Waals surface area contributed by atoms with Crippen molar-refractivity contribution < 1.29 is 19.1 Å². The van der Waals surface area contributed by atoms with E-state index in [1.807, 2.05) is 33.0 Å². The van der Waals surface area contributed by atoms with E-state index >= 15 is 0 Å². The molecule has 2 amide bonds. The van der Waals surface area contributed by atoms with Crippen LogP contribution in [-0.2, 0) is 9.53 Å². The second-order valence-electron chi connectivity index (χ2n) is 8.68. The summed E-state index contributed by atoms with van der Waals surface area (Å²) in [5.74, 6) is 0.714. The standard InChI is InChI=1S/C22H36N4O4/c1-22(2,3)30-21(28)25-10-6-5-9-20(27)24-11-13-29-18-14-17(15-23-16-18)19-8-7-12-26(19)4/h14-16,19H,5-13H2,1-4H3,(H,24,27)(H,25,28)/t19-/m0/s1. The van der Waals surface area contributed by atoms with Crippen LogP contribution in [-0.4, -0.2) is 60.8 Å². The Balaban J connectivity index is 1.55. The number of carbonyl (C=O) groups excluding carboxylic acids is 2. The summed E-state index contributed by atoms with van der Waals surface area (Å²) < 4.78 is 10.9. The average Bonchev–Trinajstić information content (AvgIpc) is 3.10. The molecule has 8 heteroatoms. The highest BCUT2D eigenvalue weighted by atomic mass is 16.6. The van der Waals surface area contributed by atoms with Crippen molar-refractivity contribution >= 4 is 12.0 Å². The van der Waals surface area contributed by atoms with Gasteiger partial charge in [-0.25, -0.2) is 4.79 Å². The van der Waals surface area contributed by atoms with Crippen LogP contribution in [0.3, 0.4) is 0 Å². The number of nitrogens with zero attached hydrogens (tertiary/aromatic N) is 2. The third-order valence-electron chi connectivity index (χ3n) is 4.83. The van der Waals surface area contributed by atoms with Gasteiger partial charge in [-0.2, -0.15) is 0 Å². The summed E-state index contributed by atoms with van der Waals surface area (Å²) >= 11 is 0. The van der Waals surface area contributed by atoms with E-state index in [1.165, 1.54) is 12.0 Å². The number of carbonyl (C=O) groups is 2. The number of pyridine rings is 1. The van der Waals surface area contributed by atoms with E-state index in [9.17, 15) is 9.59 Å². The van der Waals surface area contributed by atoms with Crippen LogP contribution in [0.1, 0.15) is 64.5 Å². The molecule has 0 radical (unpaired) electrons. The molecule has 2 N–H and O–H groups in total. The SMILES string of the molecule is CN1CCC[C@H]1c1cncc(OCCNC(=O)CCCCNC(=O)OC(C)(C)C)c1. The van der Waals surface area contributed by atoms with Crippen LogP contribution in [0, 0.1) is 0 Å². The Kier molecular flexibility index (Phi) is 9.36. The van der Waals surface area contributed by atoms with E-state index < -0.39 is 11.7 Å². The third kappa shape index (κ3) is 8.98. The second-order valence-corrected chi connectivity index (χ2v) is 8.68. The summed E-state index contributed by atoms with van der Waals surface area (Å²) in [6, 6.07) is 2.45. The number of hydrogen-bond donors (Lipinski definition) is 2. The van der Waals surface area contributed by atoms with E-state index in [1.54, 1.807) is 6.20 Å². The first-order valence-electron chi connectivity index (χ1n) is 10.8. The zero-order valence-corrected chi connectivity index (χ0v) is 18.7. The zero-order valence-electron chi connectivity index (χ0n) is 18.7. The number of hydrogen-bond acceptors (Lipinski definition) is 6. The Bertz CT molecular complexity index is 690. The van der Waals surface area contributed by atoms with Crippen LogP contribution in [0.4, 0.5) is 4.79 Å². The van der Waals surface area contributed by atoms with Gasteiger partial charge < -0.3 is 20.1 Å². The lowest BCUT2D eigenvalue weighted by molar-refractivity contribution is -0.121. The monoisotopic (exact) mass is 420 g/mol. The lowest BCUT2D eigenvalue weighted by atomic mass is 10.1. The van der Waals surface area contributed by atoms with Crippen molar-refractivity contribution in [3.8, 4) is 5.75 Å². The van der Waals surface area contributed by atoms with Gasteiger partial charge in [0.15, 0.2) is 0 Å². The molecule has 30 heavy (non-hydrogen) atoms. The van der Waals surface area contributed by atoms with Gasteiger partial charge in [-0.3, -0.25) is 14.7 Å². The van der Waals surface area contributed by atoms with Crippen LogP contribution in [0.15, 0.2) is 18.5 Å². The summed E-state index contributed by atoms with van der Waals surface area (Å²) in [6.07, 6.45) is 7.36. The van der Waals surface area contributed by atoms with Crippen LogP contribution in [0.2, 0.25) is 0 Å². The molecule has 1 atom stereocenters. The Hall–Kier alpha value is -2.35. The van der Waals surface area contributed by atoms with E-state index in [0.29, 0.717) is 38.6 Å². The fourth-order valence-electron chi connectivity index (χ4n) is 3.39. The minimum absolute atomic E-state index is 0.0182. The number of rotatable bonds is 10. The molecular formula is C22H36N4O4. The lowest BCUT2D eigenvalue weighted by Gasteiger charge is -2.20. The number of unbranched alkanes of at least 4 members (excludes halogenated alkanes) is 1. The largest absolute Gasteiger partial charge is 0.490 e. The molecule has 1 saturated heterocycles. The van der Waals surface area contributed by atoms with Gasteiger partial charge in [0.1, 0.15) is 18.0 Å². The summed E-state index contributed by atoms with van der Waals surface area (Å²) in [6.45, 7) is 7.91. The molecule has 1 fully saturated rings. The zero-order chi connectivity index (χ0) is 22.0. The van der Waals surface area contributed by atoms with E-state index in [2.05, 4.69) is 27.6 Å². The smallest absolute Gasteiger partial charge is 0.407 e. The molecule has 2 heterocycles. The molecule has 1 aliphatic heterocycles. The van der Waals surface area contributed by atoms with Crippen molar-refractivity contribution in [3.05, 3.63) is 24.0 Å². The van der Waals surface area contributed by atoms with Crippen molar-refractivity contribution in [1.82, 2.24) is 20.5 Å². The minimum atomic E-state index is -0.504. The molecule has 0 unspecified atom stereocenters. The van der Waals surface area contributed by atoms with Gasteiger partial charge in [-0.15, -0.1) is 0 Å². The summed E-state index contributed by atoms with van der Waals surface area (Å²) in [4.78, 5) is 30.1. The van der Waals surface area contributed by atoms with Gasteiger partial charge in [0.2, 0.25) is 5.91 Å². The van der Waals surface area contributed by atoms with E-state index in [4.69, 9.17) is 9.47 Å². The number of amides is 2. The summed E-state index contributed by atoms with van der Waals surface area (Å²) in [5.41, 5.74) is 0.674. The van der Waals surface area contributed by atoms with Crippen molar-refractivity contribution in [2.24, 2.45) is 0 Å². The number of likely N-dealkylation sites (tertiary alicyclic amines) is 1. The quantitative estimate of drug-likeness (QED) is 0.565. The van der Waals surface area contributed by atoms with Gasteiger partial charge in [-0.05, 0) is 71.7 Å². The first-order valence-corrected chi connectivity index (χ1v) is 10.8. The van der Waals surface area contributed by atoms with Crippen LogP contribution in [0.25, 0.3) is 0 Å². The maximum atomic E-state index is 11.9. The van der Waals surface area contributed by atoms with Crippen molar-refractivity contribution in [1.29, 1.82) is 0 Å². The van der Waals surface area contributed by atoms with Crippen LogP contribution in [0.5, 0.6) is 5.75 Å². The van der Waals surface area contributed by atoms with Gasteiger partial charge in [0, 0.05) is 25.2 Å². The molecule has 0 aromatic carbocycles. The van der Waals surface area contributed by atoms with E-state index in [-0.39, 0.29) is 5.91 Å². The third-order valence-corrected chi connectivity index (χ3v) is 4.83. The first kappa shape index (κ1) is 23.9. The Morgan fingerprint density at radius 3 is 2.70 bits per heavy atom. The Morgan fingerprint density at radius 2 is 2.00 bits per heavy atom. The number of aromatic nitrogens is 1. The number of ether oxygens (including phenoxy) is 2. The highest BCUT2D eigenvalue weighted by molar-refractivity contribution is 5.75. The minimum Gasteiger partial charge on any atom is -0.490 e. The molecule has 168 valence electrons. The molecule has 0 aliphatic carbocycles. The average molecular weight is 421 g/mol. The van der Waals surface area contributed by atoms with Gasteiger partial charge in [0.25, 0.3) is 0 Å².